The quantitative estimate of drug-likeness (QED) is 0.442. The van der Waals surface area contributed by atoms with E-state index in [9.17, 15) is 4.39 Å². The lowest BCUT2D eigenvalue weighted by atomic mass is 10.0. The summed E-state index contributed by atoms with van der Waals surface area (Å²) in [6.07, 6.45) is 7.35. The highest BCUT2D eigenvalue weighted by Gasteiger charge is 2.25. The first-order valence-corrected chi connectivity index (χ1v) is 8.84. The van der Waals surface area contributed by atoms with Gasteiger partial charge in [-0.15, -0.1) is 9.24 Å². The number of hydrogen-bond acceptors (Lipinski definition) is 4. The zero-order valence-electron chi connectivity index (χ0n) is 14.2. The minimum Gasteiger partial charge on any atom is -0.467 e. The fourth-order valence-corrected chi connectivity index (χ4v) is 3.39. The molecule has 0 aliphatic heterocycles. The summed E-state index contributed by atoms with van der Waals surface area (Å²) in [5, 5.41) is 0.833. The highest BCUT2D eigenvalue weighted by molar-refractivity contribution is 7.22. The average Bonchev–Trinajstić information content (AvgIpc) is 2.58. The number of allylic oxidation sites excluding steroid dienone is 6. The van der Waals surface area contributed by atoms with Crippen molar-refractivity contribution in [2.45, 2.75) is 32.9 Å². The van der Waals surface area contributed by atoms with Crippen molar-refractivity contribution in [3.05, 3.63) is 57.8 Å². The molecule has 2 rings (SSSR count). The molecule has 7 heteroatoms. The number of hydrogen-bond donors (Lipinski definition) is 2. The van der Waals surface area contributed by atoms with Gasteiger partial charge in [-0.1, -0.05) is 29.8 Å². The summed E-state index contributed by atoms with van der Waals surface area (Å²) < 4.78 is 19.6. The summed E-state index contributed by atoms with van der Waals surface area (Å²) in [6, 6.07) is 1.76. The number of rotatable bonds is 5. The molecule has 0 bridgehead atoms. The number of anilines is 1. The van der Waals surface area contributed by atoms with Crippen LogP contribution in [0, 0.1) is 0 Å². The van der Waals surface area contributed by atoms with Crippen LogP contribution in [0.3, 0.4) is 0 Å². The van der Waals surface area contributed by atoms with Crippen molar-refractivity contribution in [1.29, 1.82) is 0 Å². The van der Waals surface area contributed by atoms with E-state index in [1.54, 1.807) is 12.3 Å². The Kier molecular flexibility index (Phi) is 6.77. The van der Waals surface area contributed by atoms with Gasteiger partial charge in [0, 0.05) is 23.8 Å². The normalized spacial score (nSPS) is 17.4. The van der Waals surface area contributed by atoms with Crippen LogP contribution in [0.4, 0.5) is 10.2 Å². The van der Waals surface area contributed by atoms with Gasteiger partial charge in [-0.05, 0) is 37.2 Å². The summed E-state index contributed by atoms with van der Waals surface area (Å²) in [5.41, 5.74) is 14.3. The Morgan fingerprint density at radius 1 is 1.44 bits per heavy atom. The zero-order valence-corrected chi connectivity index (χ0v) is 16.1. The van der Waals surface area contributed by atoms with Crippen molar-refractivity contribution in [2.75, 3.05) is 5.73 Å². The predicted octanol–water partition coefficient (Wildman–Crippen LogP) is 4.65. The highest BCUT2D eigenvalue weighted by atomic mass is 35.5. The maximum absolute atomic E-state index is 13.8. The monoisotopic (exact) mass is 381 g/mol. The van der Waals surface area contributed by atoms with Gasteiger partial charge < -0.3 is 10.5 Å². The molecule has 0 saturated carbocycles. The van der Waals surface area contributed by atoms with Crippen molar-refractivity contribution >= 4 is 32.2 Å². The average molecular weight is 382 g/mol. The second kappa shape index (κ2) is 8.61. The molecule has 0 spiro atoms. The SMILES string of the molecule is C/C=C\C(=C/C)c1cnc(N)c(OC(N)C2=C(P)CCC(F)=C2Cl)c1. The minimum atomic E-state index is -0.943. The molecule has 4 N–H and O–H groups in total. The molecule has 0 radical (unpaired) electrons. The Labute approximate surface area is 154 Å². The van der Waals surface area contributed by atoms with Crippen molar-refractivity contribution in [1.82, 2.24) is 4.98 Å². The second-order valence-corrected chi connectivity index (χ2v) is 6.62. The third-order valence-corrected chi connectivity index (χ3v) is 4.85. The van der Waals surface area contributed by atoms with Gasteiger partial charge in [0.2, 0.25) is 0 Å². The fourth-order valence-electron chi connectivity index (χ4n) is 2.53. The Hall–Kier alpha value is -1.68. The molecule has 25 heavy (non-hydrogen) atoms. The highest BCUT2D eigenvalue weighted by Crippen LogP contribution is 2.38. The first-order valence-electron chi connectivity index (χ1n) is 7.89. The number of aromatic nitrogens is 1. The van der Waals surface area contributed by atoms with Crippen LogP contribution in [0.15, 0.2) is 52.2 Å². The standard InChI is InChI=1S/C18H22ClFN3OP/c1-3-5-10(4-2)11-8-13(17(21)23-9-11)24-18(22)15-14(25)7-6-12(20)16(15)19/h3-5,8-9,18H,6-7,22,25H2,1-2H3,(H2,21,23)/b5-3-,10-4+. The van der Waals surface area contributed by atoms with E-state index in [1.165, 1.54) is 0 Å². The van der Waals surface area contributed by atoms with Crippen LogP contribution in [0.1, 0.15) is 32.3 Å². The molecule has 1 heterocycles. The molecule has 1 aliphatic carbocycles. The van der Waals surface area contributed by atoms with Crippen LogP contribution in [-0.2, 0) is 0 Å². The van der Waals surface area contributed by atoms with E-state index in [2.05, 4.69) is 14.2 Å². The first-order chi connectivity index (χ1) is 11.9. The third-order valence-electron chi connectivity index (χ3n) is 3.85. The topological polar surface area (TPSA) is 74.2 Å². The predicted molar refractivity (Wildman–Crippen MR) is 106 cm³/mol. The second-order valence-electron chi connectivity index (χ2n) is 5.55. The fraction of sp³-hybridized carbons (Fsp3) is 0.278. The van der Waals surface area contributed by atoms with E-state index < -0.39 is 6.23 Å². The molecule has 0 amide bonds. The number of halogens is 2. The van der Waals surface area contributed by atoms with Crippen LogP contribution >= 0.6 is 20.8 Å². The molecule has 2 atom stereocenters. The number of nitrogens with two attached hydrogens (primary N) is 2. The van der Waals surface area contributed by atoms with Gasteiger partial charge in [-0.3, -0.25) is 5.73 Å². The molecule has 1 aromatic rings. The summed E-state index contributed by atoms with van der Waals surface area (Å²) in [6.45, 7) is 3.86. The van der Waals surface area contributed by atoms with Crippen LogP contribution in [-0.4, -0.2) is 11.2 Å². The number of pyridine rings is 1. The van der Waals surface area contributed by atoms with Gasteiger partial charge >= 0.3 is 0 Å². The molecule has 134 valence electrons. The van der Waals surface area contributed by atoms with Crippen molar-refractivity contribution < 1.29 is 9.13 Å². The van der Waals surface area contributed by atoms with E-state index in [0.717, 1.165) is 16.5 Å². The van der Waals surface area contributed by atoms with Gasteiger partial charge in [0.25, 0.3) is 0 Å². The molecule has 0 aromatic carbocycles. The van der Waals surface area contributed by atoms with Gasteiger partial charge in [0.05, 0.1) is 5.03 Å². The van der Waals surface area contributed by atoms with Crippen LogP contribution in [0.5, 0.6) is 5.75 Å². The Balaban J connectivity index is 2.34. The van der Waals surface area contributed by atoms with Crippen molar-refractivity contribution in [2.24, 2.45) is 5.73 Å². The van der Waals surface area contributed by atoms with Gasteiger partial charge in [0.1, 0.15) is 5.83 Å². The number of nitrogen functional groups attached to an aromatic ring is 1. The summed E-state index contributed by atoms with van der Waals surface area (Å²) in [7, 11) is 2.55. The van der Waals surface area contributed by atoms with Crippen molar-refractivity contribution in [3.8, 4) is 5.75 Å². The van der Waals surface area contributed by atoms with E-state index in [0.29, 0.717) is 17.7 Å². The molecule has 1 aliphatic rings. The Morgan fingerprint density at radius 3 is 2.80 bits per heavy atom. The van der Waals surface area contributed by atoms with Gasteiger partial charge in [-0.2, -0.15) is 0 Å². The van der Waals surface area contributed by atoms with Crippen LogP contribution in [0.25, 0.3) is 5.57 Å². The lowest BCUT2D eigenvalue weighted by Gasteiger charge is -2.24. The van der Waals surface area contributed by atoms with Gasteiger partial charge in [-0.25, -0.2) is 9.37 Å². The summed E-state index contributed by atoms with van der Waals surface area (Å²) in [5.74, 6) is 0.151. The first kappa shape index (κ1) is 19.6. The molecule has 0 saturated heterocycles. The molecular weight excluding hydrogens is 360 g/mol. The largest absolute Gasteiger partial charge is 0.467 e. The zero-order chi connectivity index (χ0) is 18.6. The van der Waals surface area contributed by atoms with Crippen LogP contribution < -0.4 is 16.2 Å². The molecule has 4 nitrogen and oxygen atoms in total. The minimum absolute atomic E-state index is 0.00879. The molecule has 1 aromatic heterocycles. The Morgan fingerprint density at radius 2 is 2.16 bits per heavy atom. The van der Waals surface area contributed by atoms with E-state index >= 15 is 0 Å². The maximum Gasteiger partial charge on any atom is 0.176 e. The Bertz CT molecular complexity index is 787. The third kappa shape index (κ3) is 4.49. The van der Waals surface area contributed by atoms with E-state index in [4.69, 9.17) is 27.8 Å². The summed E-state index contributed by atoms with van der Waals surface area (Å²) >= 11 is 6.08. The number of ether oxygens (including phenoxy) is 1. The smallest absolute Gasteiger partial charge is 0.176 e. The lowest BCUT2D eigenvalue weighted by molar-refractivity contribution is 0.247. The molecule has 0 fully saturated rings. The van der Waals surface area contributed by atoms with Crippen molar-refractivity contribution in [3.63, 3.8) is 0 Å². The maximum atomic E-state index is 13.8. The molecule has 2 unspecified atom stereocenters. The van der Waals surface area contributed by atoms with Gasteiger partial charge in [0.15, 0.2) is 17.8 Å². The number of nitrogens with zero attached hydrogens (tertiary/aromatic N) is 1. The summed E-state index contributed by atoms with van der Waals surface area (Å²) in [4.78, 5) is 4.16. The lowest BCUT2D eigenvalue weighted by Crippen LogP contribution is -2.31. The van der Waals surface area contributed by atoms with E-state index in [1.807, 2.05) is 32.1 Å². The van der Waals surface area contributed by atoms with Crippen LogP contribution in [0.2, 0.25) is 0 Å². The van der Waals surface area contributed by atoms with E-state index in [-0.39, 0.29) is 23.1 Å². The molecular formula is C18H22ClFN3OP.